The van der Waals surface area contributed by atoms with Crippen molar-refractivity contribution in [1.82, 2.24) is 20.2 Å². The number of tetrazole rings is 1. The Morgan fingerprint density at radius 3 is 2.70 bits per heavy atom. The van der Waals surface area contributed by atoms with Gasteiger partial charge in [-0.2, -0.15) is 0 Å². The summed E-state index contributed by atoms with van der Waals surface area (Å²) in [5.41, 5.74) is 4.14. The third-order valence-corrected chi connectivity index (χ3v) is 5.77. The molecule has 148 valence electrons. The topological polar surface area (TPSA) is 60.5 Å². The van der Waals surface area contributed by atoms with E-state index in [1.165, 1.54) is 16.8 Å². The molecule has 0 unspecified atom stereocenters. The number of hydrogen-bond acceptors (Lipinski definition) is 5. The van der Waals surface area contributed by atoms with Crippen molar-refractivity contribution in [2.75, 3.05) is 44.8 Å². The van der Waals surface area contributed by atoms with Gasteiger partial charge in [-0.15, -0.1) is 5.10 Å². The van der Waals surface area contributed by atoms with Gasteiger partial charge in [0.25, 0.3) is 0 Å². The lowest BCUT2D eigenvalue weighted by atomic mass is 10.1. The molecule has 1 aliphatic heterocycles. The fraction of sp³-hybridized carbons (Fsp3) is 0.650. The number of aryl methyl sites for hydroxylation is 1. The number of anilines is 1. The van der Waals surface area contributed by atoms with Gasteiger partial charge in [0, 0.05) is 19.2 Å². The average Bonchev–Trinajstić information content (AvgIpc) is 3.15. The normalized spacial score (nSPS) is 16.7. The molecule has 0 radical (unpaired) electrons. The van der Waals surface area contributed by atoms with E-state index in [0.29, 0.717) is 19.2 Å². The van der Waals surface area contributed by atoms with Gasteiger partial charge in [0.2, 0.25) is 5.82 Å². The van der Waals surface area contributed by atoms with E-state index in [4.69, 9.17) is 4.74 Å². The van der Waals surface area contributed by atoms with Crippen LogP contribution in [0.25, 0.3) is 0 Å². The lowest BCUT2D eigenvalue weighted by Gasteiger charge is -2.37. The van der Waals surface area contributed by atoms with Crippen LogP contribution in [0.15, 0.2) is 18.2 Å². The van der Waals surface area contributed by atoms with Gasteiger partial charge >= 0.3 is 0 Å². The summed E-state index contributed by atoms with van der Waals surface area (Å²) in [7, 11) is 1.71. The number of benzene rings is 1. The van der Waals surface area contributed by atoms with Gasteiger partial charge in [0.1, 0.15) is 6.04 Å². The third kappa shape index (κ3) is 4.47. The van der Waals surface area contributed by atoms with E-state index in [1.54, 1.807) is 12.0 Å². The predicted octanol–water partition coefficient (Wildman–Crippen LogP) is 1.18. The van der Waals surface area contributed by atoms with Crippen LogP contribution in [0.2, 0.25) is 0 Å². The van der Waals surface area contributed by atoms with Crippen molar-refractivity contribution in [1.29, 1.82) is 0 Å². The quantitative estimate of drug-likeness (QED) is 0.753. The fourth-order valence-corrected chi connectivity index (χ4v) is 4.06. The number of quaternary nitrogens is 1. The third-order valence-electron chi connectivity index (χ3n) is 5.77. The molecule has 7 nitrogen and oxygen atoms in total. The number of hydrogen-bond donors (Lipinski definition) is 1. The monoisotopic (exact) mass is 373 g/mol. The average molecular weight is 374 g/mol. The first-order chi connectivity index (χ1) is 13.2. The molecule has 0 spiro atoms. The molecule has 2 heterocycles. The van der Waals surface area contributed by atoms with Gasteiger partial charge in [-0.25, -0.2) is 4.68 Å². The van der Waals surface area contributed by atoms with E-state index in [-0.39, 0.29) is 0 Å². The highest BCUT2D eigenvalue weighted by molar-refractivity contribution is 5.56. The zero-order valence-corrected chi connectivity index (χ0v) is 17.1. The van der Waals surface area contributed by atoms with Gasteiger partial charge in [-0.1, -0.05) is 25.5 Å². The molecule has 1 aromatic heterocycles. The van der Waals surface area contributed by atoms with Crippen LogP contribution < -0.4 is 9.80 Å². The minimum Gasteiger partial charge on any atom is -0.383 e. The highest BCUT2D eigenvalue weighted by Gasteiger charge is 2.32. The first-order valence-corrected chi connectivity index (χ1v) is 10.1. The summed E-state index contributed by atoms with van der Waals surface area (Å²) in [6, 6.07) is 6.96. The Hall–Kier alpha value is -1.99. The van der Waals surface area contributed by atoms with Crippen molar-refractivity contribution >= 4 is 5.69 Å². The molecule has 3 rings (SSSR count). The van der Waals surface area contributed by atoms with Crippen molar-refractivity contribution < 1.29 is 9.64 Å². The molecule has 0 bridgehead atoms. The highest BCUT2D eigenvalue weighted by atomic mass is 16.5. The molecule has 1 atom stereocenters. The number of rotatable bonds is 8. The summed E-state index contributed by atoms with van der Waals surface area (Å²) in [5.74, 6) is 1.00. The second-order valence-corrected chi connectivity index (χ2v) is 7.46. The van der Waals surface area contributed by atoms with Gasteiger partial charge in [0.05, 0.1) is 39.3 Å². The first kappa shape index (κ1) is 19.8. The van der Waals surface area contributed by atoms with Crippen molar-refractivity contribution in [2.45, 2.75) is 46.2 Å². The van der Waals surface area contributed by atoms with E-state index in [1.807, 2.05) is 4.68 Å². The molecule has 1 N–H and O–H groups in total. The Morgan fingerprint density at radius 1 is 1.22 bits per heavy atom. The number of aromatic nitrogens is 4. The van der Waals surface area contributed by atoms with Crippen molar-refractivity contribution in [3.8, 4) is 0 Å². The molecule has 1 fully saturated rings. The Balaban J connectivity index is 1.70. The van der Waals surface area contributed by atoms with Gasteiger partial charge in [-0.3, -0.25) is 0 Å². The zero-order valence-electron chi connectivity index (χ0n) is 17.1. The molecular formula is C20H33N6O+. The fourth-order valence-electron chi connectivity index (χ4n) is 4.06. The SMILES string of the molecule is CCC[C@H](c1nnnn1CCOC)[NH+]1CCN(c2cccc(C)c2C)CC1. The van der Waals surface area contributed by atoms with Crippen LogP contribution in [0.5, 0.6) is 0 Å². The standard InChI is InChI=1S/C20H32N6O/c1-5-7-19(20-21-22-23-26(20)14-15-27-4)25-12-10-24(11-13-25)18-9-6-8-16(2)17(18)3/h6,8-9,19H,5,7,10-15H2,1-4H3/p+1/t19-/m1/s1. The summed E-state index contributed by atoms with van der Waals surface area (Å²) >= 11 is 0. The van der Waals surface area contributed by atoms with Crippen molar-refractivity contribution in [2.24, 2.45) is 0 Å². The number of nitrogens with one attached hydrogen (secondary N) is 1. The van der Waals surface area contributed by atoms with Crippen molar-refractivity contribution in [3.63, 3.8) is 0 Å². The van der Waals surface area contributed by atoms with Gasteiger partial charge < -0.3 is 14.5 Å². The van der Waals surface area contributed by atoms with Crippen LogP contribution in [0, 0.1) is 13.8 Å². The van der Waals surface area contributed by atoms with E-state index >= 15 is 0 Å². The Morgan fingerprint density at radius 2 is 2.00 bits per heavy atom. The second kappa shape index (κ2) is 9.28. The van der Waals surface area contributed by atoms with Gasteiger partial charge in [0.15, 0.2) is 0 Å². The van der Waals surface area contributed by atoms with Crippen LogP contribution >= 0.6 is 0 Å². The predicted molar refractivity (Wildman–Crippen MR) is 106 cm³/mol. The molecular weight excluding hydrogens is 340 g/mol. The number of ether oxygens (including phenoxy) is 1. The van der Waals surface area contributed by atoms with E-state index in [2.05, 4.69) is 59.4 Å². The summed E-state index contributed by atoms with van der Waals surface area (Å²) < 4.78 is 7.13. The molecule has 7 heteroatoms. The minimum absolute atomic E-state index is 0.350. The summed E-state index contributed by atoms with van der Waals surface area (Å²) in [5, 5.41) is 12.5. The van der Waals surface area contributed by atoms with Crippen LogP contribution in [-0.2, 0) is 11.3 Å². The Labute approximate surface area is 162 Å². The molecule has 0 saturated carbocycles. The first-order valence-electron chi connectivity index (χ1n) is 10.1. The largest absolute Gasteiger partial charge is 0.383 e. The van der Waals surface area contributed by atoms with Crippen LogP contribution in [0.4, 0.5) is 5.69 Å². The van der Waals surface area contributed by atoms with Crippen LogP contribution in [0.3, 0.4) is 0 Å². The molecule has 2 aromatic rings. The van der Waals surface area contributed by atoms with E-state index in [0.717, 1.165) is 44.8 Å². The van der Waals surface area contributed by atoms with E-state index < -0.39 is 0 Å². The molecule has 27 heavy (non-hydrogen) atoms. The zero-order chi connectivity index (χ0) is 19.2. The second-order valence-electron chi connectivity index (χ2n) is 7.46. The molecule has 1 aromatic carbocycles. The Bertz CT molecular complexity index is 723. The van der Waals surface area contributed by atoms with Crippen molar-refractivity contribution in [3.05, 3.63) is 35.2 Å². The smallest absolute Gasteiger partial charge is 0.209 e. The van der Waals surface area contributed by atoms with Crippen LogP contribution in [0.1, 0.15) is 42.8 Å². The maximum Gasteiger partial charge on any atom is 0.209 e. The molecule has 0 aliphatic carbocycles. The lowest BCUT2D eigenvalue weighted by molar-refractivity contribution is -0.933. The molecule has 1 aliphatic rings. The number of methoxy groups -OCH3 is 1. The number of nitrogens with zero attached hydrogens (tertiary/aromatic N) is 5. The summed E-state index contributed by atoms with van der Waals surface area (Å²) in [6.07, 6.45) is 2.23. The molecule has 1 saturated heterocycles. The van der Waals surface area contributed by atoms with Crippen LogP contribution in [-0.4, -0.2) is 60.1 Å². The maximum absolute atomic E-state index is 5.21. The lowest BCUT2D eigenvalue weighted by Crippen LogP contribution is -3.15. The molecule has 0 amide bonds. The summed E-state index contributed by atoms with van der Waals surface area (Å²) in [6.45, 7) is 12.4. The van der Waals surface area contributed by atoms with Gasteiger partial charge in [-0.05, 0) is 41.5 Å². The maximum atomic E-state index is 5.21. The Kier molecular flexibility index (Phi) is 6.79. The highest BCUT2D eigenvalue weighted by Crippen LogP contribution is 2.23. The number of piperazine rings is 1. The minimum atomic E-state index is 0.350. The summed E-state index contributed by atoms with van der Waals surface area (Å²) in [4.78, 5) is 4.12. The van der Waals surface area contributed by atoms with E-state index in [9.17, 15) is 0 Å².